The van der Waals surface area contributed by atoms with E-state index in [1.54, 1.807) is 55.3 Å². The lowest BCUT2D eigenvalue weighted by molar-refractivity contribution is -0.138. The second kappa shape index (κ2) is 10.1. The van der Waals surface area contributed by atoms with E-state index >= 15 is 0 Å². The van der Waals surface area contributed by atoms with Crippen LogP contribution in [0.1, 0.15) is 27.8 Å². The summed E-state index contributed by atoms with van der Waals surface area (Å²) in [6.07, 6.45) is 1.62. The third-order valence-corrected chi connectivity index (χ3v) is 5.39. The summed E-state index contributed by atoms with van der Waals surface area (Å²) in [5.74, 6) is -0.984. The number of fused-ring (bicyclic) bond motifs is 1. The molecule has 11 nitrogen and oxygen atoms in total. The highest BCUT2D eigenvalue weighted by Gasteiger charge is 2.17. The molecule has 11 heteroatoms. The third kappa shape index (κ3) is 4.94. The summed E-state index contributed by atoms with van der Waals surface area (Å²) < 4.78 is 12.2. The number of carbonyl (C=O) groups is 3. The number of ether oxygens (including phenoxy) is 2. The summed E-state index contributed by atoms with van der Waals surface area (Å²) in [6, 6.07) is 13.8. The molecule has 0 saturated carbocycles. The highest BCUT2D eigenvalue weighted by Crippen LogP contribution is 2.32. The van der Waals surface area contributed by atoms with Crippen molar-refractivity contribution in [3.05, 3.63) is 72.1 Å². The van der Waals surface area contributed by atoms with Crippen molar-refractivity contribution >= 4 is 29.1 Å². The fourth-order valence-electron chi connectivity index (χ4n) is 3.46. The smallest absolute Gasteiger partial charge is 0.325 e. The van der Waals surface area contributed by atoms with Crippen molar-refractivity contribution < 1.29 is 29.0 Å². The molecule has 0 aliphatic carbocycles. The van der Waals surface area contributed by atoms with Gasteiger partial charge in [-0.3, -0.25) is 14.4 Å². The molecule has 0 spiro atoms. The Morgan fingerprint density at radius 3 is 2.33 bits per heavy atom. The van der Waals surface area contributed by atoms with Crippen LogP contribution in [0.15, 0.2) is 60.8 Å². The molecule has 0 fully saturated rings. The number of carbonyl (C=O) groups excluding carboxylic acids is 2. The first-order valence-electron chi connectivity index (χ1n) is 10.8. The number of nitrogens with zero attached hydrogens (tertiary/aromatic N) is 3. The van der Waals surface area contributed by atoms with Gasteiger partial charge in [-0.1, -0.05) is 0 Å². The van der Waals surface area contributed by atoms with Crippen LogP contribution in [0.4, 0.5) is 5.69 Å². The summed E-state index contributed by atoms with van der Waals surface area (Å²) >= 11 is 0. The summed E-state index contributed by atoms with van der Waals surface area (Å²) in [7, 11) is 3.11. The van der Waals surface area contributed by atoms with Gasteiger partial charge in [0, 0.05) is 29.1 Å². The zero-order chi connectivity index (χ0) is 25.8. The monoisotopic (exact) mass is 489 g/mol. The van der Waals surface area contributed by atoms with Crippen LogP contribution in [-0.2, 0) is 4.79 Å². The maximum atomic E-state index is 12.9. The second-order valence-electron chi connectivity index (χ2n) is 7.76. The first kappa shape index (κ1) is 24.2. The molecule has 2 aromatic carbocycles. The molecule has 0 aliphatic rings. The minimum absolute atomic E-state index is 0.146. The van der Waals surface area contributed by atoms with Crippen molar-refractivity contribution in [1.29, 1.82) is 0 Å². The number of aliphatic carboxylic acids is 1. The molecule has 4 aromatic rings. The number of carboxylic acids is 1. The lowest BCUT2D eigenvalue weighted by atomic mass is 10.1. The lowest BCUT2D eigenvalue weighted by Gasteiger charge is -2.10. The Kier molecular flexibility index (Phi) is 6.81. The van der Waals surface area contributed by atoms with Crippen LogP contribution in [0.2, 0.25) is 0 Å². The van der Waals surface area contributed by atoms with E-state index in [2.05, 4.69) is 20.7 Å². The van der Waals surface area contributed by atoms with Crippen LogP contribution in [0, 0.1) is 0 Å². The average Bonchev–Trinajstić information content (AvgIpc) is 3.33. The number of anilines is 1. The molecule has 3 N–H and O–H groups in total. The Balaban J connectivity index is 1.54. The number of hydrogen-bond donors (Lipinski definition) is 3. The van der Waals surface area contributed by atoms with Crippen molar-refractivity contribution in [3.8, 4) is 22.8 Å². The predicted octanol–water partition coefficient (Wildman–Crippen LogP) is 2.87. The zero-order valence-electron chi connectivity index (χ0n) is 19.7. The van der Waals surface area contributed by atoms with Gasteiger partial charge in [0.2, 0.25) is 0 Å². The van der Waals surface area contributed by atoms with Crippen LogP contribution >= 0.6 is 0 Å². The normalized spacial score (nSPS) is 11.5. The topological polar surface area (TPSA) is 144 Å². The molecule has 0 saturated heterocycles. The fourth-order valence-corrected chi connectivity index (χ4v) is 3.46. The number of hydrogen-bond acceptors (Lipinski definition) is 7. The Hall–Kier alpha value is -4.93. The Morgan fingerprint density at radius 2 is 1.67 bits per heavy atom. The number of aromatic nitrogens is 3. The van der Waals surface area contributed by atoms with E-state index in [0.717, 1.165) is 5.56 Å². The molecule has 1 unspecified atom stereocenters. The van der Waals surface area contributed by atoms with Crippen molar-refractivity contribution in [1.82, 2.24) is 19.9 Å². The van der Waals surface area contributed by atoms with Gasteiger partial charge in [0.05, 0.1) is 19.9 Å². The number of methoxy groups -OCH3 is 2. The van der Waals surface area contributed by atoms with Crippen LogP contribution in [0.5, 0.6) is 11.5 Å². The fraction of sp³-hybridized carbons (Fsp3) is 0.160. The minimum Gasteiger partial charge on any atom is -0.493 e. The number of benzene rings is 2. The highest BCUT2D eigenvalue weighted by molar-refractivity contribution is 6.04. The van der Waals surface area contributed by atoms with Crippen LogP contribution < -0.4 is 20.1 Å². The van der Waals surface area contributed by atoms with Gasteiger partial charge in [-0.05, 0) is 55.5 Å². The molecule has 2 aromatic heterocycles. The first-order chi connectivity index (χ1) is 17.3. The van der Waals surface area contributed by atoms with Gasteiger partial charge in [0.1, 0.15) is 6.04 Å². The van der Waals surface area contributed by atoms with Gasteiger partial charge in [0.15, 0.2) is 22.8 Å². The summed E-state index contributed by atoms with van der Waals surface area (Å²) in [4.78, 5) is 40.2. The average molecular weight is 489 g/mol. The Bertz CT molecular complexity index is 1450. The predicted molar refractivity (Wildman–Crippen MR) is 130 cm³/mol. The quantitative estimate of drug-likeness (QED) is 0.343. The summed E-state index contributed by atoms with van der Waals surface area (Å²) in [5, 5.41) is 18.5. The second-order valence-corrected chi connectivity index (χ2v) is 7.76. The lowest BCUT2D eigenvalue weighted by Crippen LogP contribution is -2.38. The van der Waals surface area contributed by atoms with E-state index in [-0.39, 0.29) is 11.3 Å². The molecule has 2 amide bonds. The minimum atomic E-state index is -1.14. The Morgan fingerprint density at radius 1 is 0.944 bits per heavy atom. The van der Waals surface area contributed by atoms with Crippen molar-refractivity contribution in [2.75, 3.05) is 19.5 Å². The molecule has 1 atom stereocenters. The molecule has 36 heavy (non-hydrogen) atoms. The number of carboxylic acid groups (broad SMARTS) is 1. The Labute approximate surface area is 205 Å². The van der Waals surface area contributed by atoms with E-state index in [0.29, 0.717) is 28.5 Å². The van der Waals surface area contributed by atoms with E-state index in [1.165, 1.54) is 19.1 Å². The number of rotatable bonds is 8. The van der Waals surface area contributed by atoms with E-state index < -0.39 is 23.8 Å². The van der Waals surface area contributed by atoms with Crippen molar-refractivity contribution in [2.45, 2.75) is 13.0 Å². The van der Waals surface area contributed by atoms with E-state index in [4.69, 9.17) is 14.6 Å². The third-order valence-electron chi connectivity index (χ3n) is 5.39. The molecule has 2 heterocycles. The molecule has 0 radical (unpaired) electrons. The van der Waals surface area contributed by atoms with Crippen molar-refractivity contribution in [2.24, 2.45) is 0 Å². The number of nitrogens with one attached hydrogen (secondary N) is 2. The molecular weight excluding hydrogens is 466 g/mol. The molecule has 4 rings (SSSR count). The molecule has 184 valence electrons. The molecular formula is C25H23N5O6. The van der Waals surface area contributed by atoms with Crippen LogP contribution in [0.25, 0.3) is 16.9 Å². The summed E-state index contributed by atoms with van der Waals surface area (Å²) in [6.45, 7) is 1.37. The van der Waals surface area contributed by atoms with Crippen LogP contribution in [0.3, 0.4) is 0 Å². The van der Waals surface area contributed by atoms with Gasteiger partial charge in [-0.2, -0.15) is 5.10 Å². The largest absolute Gasteiger partial charge is 0.493 e. The summed E-state index contributed by atoms with van der Waals surface area (Å²) in [5.41, 5.74) is 2.82. The van der Waals surface area contributed by atoms with E-state index in [1.807, 2.05) is 12.1 Å². The van der Waals surface area contributed by atoms with Crippen molar-refractivity contribution in [3.63, 3.8) is 0 Å². The van der Waals surface area contributed by atoms with Crippen LogP contribution in [-0.4, -0.2) is 57.7 Å². The van der Waals surface area contributed by atoms with Gasteiger partial charge in [-0.25, -0.2) is 9.50 Å². The van der Waals surface area contributed by atoms with Gasteiger partial charge >= 0.3 is 5.97 Å². The van der Waals surface area contributed by atoms with Gasteiger partial charge in [-0.15, -0.1) is 0 Å². The van der Waals surface area contributed by atoms with E-state index in [9.17, 15) is 14.4 Å². The maximum absolute atomic E-state index is 12.9. The van der Waals surface area contributed by atoms with Gasteiger partial charge in [0.25, 0.3) is 11.8 Å². The number of amides is 2. The molecule has 0 aliphatic heterocycles. The zero-order valence-corrected chi connectivity index (χ0v) is 19.7. The first-order valence-corrected chi connectivity index (χ1v) is 10.8. The molecule has 0 bridgehead atoms. The maximum Gasteiger partial charge on any atom is 0.325 e. The standard InChI is InChI=1S/C25H23N5O6/c1-14(25(33)34)27-23(31)15-4-7-17(8-5-15)28-24(32)18-13-22-26-11-10-19(30(22)29-18)16-6-9-20(35-2)21(12-16)36-3/h4-14H,1-3H3,(H,27,31)(H,28,32)(H,33,34). The van der Waals surface area contributed by atoms with Gasteiger partial charge < -0.3 is 25.2 Å². The SMILES string of the molecule is COc1ccc(-c2ccnc3cc(C(=O)Nc4ccc(C(=O)NC(C)C(=O)O)cc4)nn23)cc1OC. The highest BCUT2D eigenvalue weighted by atomic mass is 16.5.